The average molecular weight is 425 g/mol. The van der Waals surface area contributed by atoms with E-state index in [2.05, 4.69) is 99.4 Å². The lowest BCUT2D eigenvalue weighted by Gasteiger charge is -2.18. The monoisotopic (exact) mass is 424 g/mol. The summed E-state index contributed by atoms with van der Waals surface area (Å²) in [6.45, 7) is 9.24. The Morgan fingerprint density at radius 1 is 0.767 bits per heavy atom. The van der Waals surface area contributed by atoms with Gasteiger partial charge in [-0.15, -0.1) is 11.3 Å². The molecule has 5 rings (SSSR count). The number of fused-ring (bicyclic) bond motifs is 2. The molecular weight excluding hydrogens is 400 g/mol. The maximum atomic E-state index is 5.09. The van der Waals surface area contributed by atoms with Crippen LogP contribution in [0, 0.1) is 6.92 Å². The zero-order chi connectivity index (χ0) is 20.9. The third kappa shape index (κ3) is 3.36. The fraction of sp³-hybridized carbons (Fsp3) is 0.154. The fourth-order valence-corrected chi connectivity index (χ4v) is 5.97. The van der Waals surface area contributed by atoms with Crippen LogP contribution in [0.4, 0.5) is 0 Å². The Hall–Kier alpha value is -2.82. The molecule has 0 unspecified atom stereocenters. The summed E-state index contributed by atoms with van der Waals surface area (Å²) in [6, 6.07) is 26.1. The predicted molar refractivity (Wildman–Crippen MR) is 134 cm³/mol. The van der Waals surface area contributed by atoms with Crippen LogP contribution in [0.5, 0.6) is 0 Å². The SMILES string of the molecule is Cc1nc2c(-c3cc(-c4ccccc4)c4cc([Si](C)(C)C)ccc4n3)cccc2s1. The standard InChI is InChI=1S/C26H24N2SSi/c1-17-27-26-20(11-8-12-25(26)29-17)24-16-21(18-9-6-5-7-10-18)22-15-19(30(2,3)4)13-14-23(22)28-24/h5-16H,1-4H3. The molecule has 5 aromatic rings. The minimum absolute atomic E-state index is 0.984. The summed E-state index contributed by atoms with van der Waals surface area (Å²) < 4.78 is 1.21. The fourth-order valence-electron chi connectivity index (χ4n) is 3.95. The molecule has 3 aromatic carbocycles. The van der Waals surface area contributed by atoms with E-state index >= 15 is 0 Å². The predicted octanol–water partition coefficient (Wildman–Crippen LogP) is 7.03. The van der Waals surface area contributed by atoms with Crippen LogP contribution in [-0.2, 0) is 0 Å². The summed E-state index contributed by atoms with van der Waals surface area (Å²) in [5, 5.41) is 3.77. The van der Waals surface area contributed by atoms with Crippen LogP contribution in [-0.4, -0.2) is 18.0 Å². The normalized spacial score (nSPS) is 12.0. The molecule has 2 nitrogen and oxygen atoms in total. The minimum atomic E-state index is -1.42. The molecule has 0 atom stereocenters. The Morgan fingerprint density at radius 2 is 1.57 bits per heavy atom. The zero-order valence-electron chi connectivity index (χ0n) is 17.7. The molecule has 2 aromatic heterocycles. The molecule has 4 heteroatoms. The summed E-state index contributed by atoms with van der Waals surface area (Å²) in [4.78, 5) is 9.90. The van der Waals surface area contributed by atoms with Crippen molar-refractivity contribution in [1.29, 1.82) is 0 Å². The van der Waals surface area contributed by atoms with Gasteiger partial charge < -0.3 is 0 Å². The van der Waals surface area contributed by atoms with Gasteiger partial charge in [0.15, 0.2) is 0 Å². The largest absolute Gasteiger partial charge is 0.248 e. The maximum absolute atomic E-state index is 5.09. The van der Waals surface area contributed by atoms with Crippen molar-refractivity contribution in [3.63, 3.8) is 0 Å². The van der Waals surface area contributed by atoms with Crippen molar-refractivity contribution in [1.82, 2.24) is 9.97 Å². The van der Waals surface area contributed by atoms with Crippen molar-refractivity contribution in [2.75, 3.05) is 0 Å². The van der Waals surface area contributed by atoms with Gasteiger partial charge in [-0.1, -0.05) is 79.4 Å². The van der Waals surface area contributed by atoms with Crippen LogP contribution in [0.1, 0.15) is 5.01 Å². The van der Waals surface area contributed by atoms with Gasteiger partial charge in [-0.3, -0.25) is 0 Å². The van der Waals surface area contributed by atoms with Crippen LogP contribution < -0.4 is 5.19 Å². The Morgan fingerprint density at radius 3 is 2.33 bits per heavy atom. The highest BCUT2D eigenvalue weighted by atomic mass is 32.1. The molecule has 0 fully saturated rings. The van der Waals surface area contributed by atoms with Crippen molar-refractivity contribution >= 4 is 45.7 Å². The molecular formula is C26H24N2SSi. The molecule has 148 valence electrons. The highest BCUT2D eigenvalue weighted by Crippen LogP contribution is 2.35. The molecule has 30 heavy (non-hydrogen) atoms. The number of benzene rings is 3. The number of para-hydroxylation sites is 1. The molecule has 0 N–H and O–H groups in total. The molecule has 2 heterocycles. The summed E-state index contributed by atoms with van der Waals surface area (Å²) in [5.74, 6) is 0. The zero-order valence-corrected chi connectivity index (χ0v) is 19.5. The Bertz CT molecular complexity index is 1380. The van der Waals surface area contributed by atoms with Crippen molar-refractivity contribution in [2.45, 2.75) is 26.6 Å². The number of hydrogen-bond donors (Lipinski definition) is 0. The number of rotatable bonds is 3. The molecule has 0 saturated carbocycles. The van der Waals surface area contributed by atoms with Crippen molar-refractivity contribution in [2.24, 2.45) is 0 Å². The lowest BCUT2D eigenvalue weighted by atomic mass is 9.98. The van der Waals surface area contributed by atoms with E-state index in [0.29, 0.717) is 0 Å². The van der Waals surface area contributed by atoms with Gasteiger partial charge in [0, 0.05) is 10.9 Å². The van der Waals surface area contributed by atoms with Crippen molar-refractivity contribution in [3.05, 3.63) is 77.8 Å². The smallest absolute Gasteiger partial charge is 0.0909 e. The maximum Gasteiger partial charge on any atom is 0.0909 e. The second-order valence-corrected chi connectivity index (χ2v) is 15.1. The number of pyridine rings is 1. The molecule has 0 saturated heterocycles. The van der Waals surface area contributed by atoms with E-state index in [-0.39, 0.29) is 0 Å². The molecule has 0 aliphatic heterocycles. The Kier molecular flexibility index (Phi) is 4.57. The van der Waals surface area contributed by atoms with E-state index in [1.807, 2.05) is 0 Å². The Balaban J connectivity index is 1.83. The minimum Gasteiger partial charge on any atom is -0.248 e. The number of hydrogen-bond acceptors (Lipinski definition) is 3. The molecule has 0 amide bonds. The van der Waals surface area contributed by atoms with Crippen molar-refractivity contribution < 1.29 is 0 Å². The summed E-state index contributed by atoms with van der Waals surface area (Å²) in [7, 11) is -1.42. The first-order chi connectivity index (χ1) is 14.4. The van der Waals surface area contributed by atoms with E-state index < -0.39 is 8.07 Å². The first-order valence-electron chi connectivity index (χ1n) is 10.3. The molecule has 0 aliphatic carbocycles. The quantitative estimate of drug-likeness (QED) is 0.290. The lowest BCUT2D eigenvalue weighted by molar-refractivity contribution is 1.33. The highest BCUT2D eigenvalue weighted by molar-refractivity contribution is 7.18. The van der Waals surface area contributed by atoms with E-state index in [1.54, 1.807) is 11.3 Å². The van der Waals surface area contributed by atoms with Crippen LogP contribution in [0.25, 0.3) is 43.5 Å². The van der Waals surface area contributed by atoms with E-state index in [9.17, 15) is 0 Å². The van der Waals surface area contributed by atoms with Gasteiger partial charge in [0.2, 0.25) is 0 Å². The summed E-state index contributed by atoms with van der Waals surface area (Å²) >= 11 is 1.74. The van der Waals surface area contributed by atoms with Gasteiger partial charge >= 0.3 is 0 Å². The number of nitrogens with zero attached hydrogens (tertiary/aromatic N) is 2. The Labute approximate surface area is 182 Å². The van der Waals surface area contributed by atoms with E-state index in [0.717, 1.165) is 27.3 Å². The van der Waals surface area contributed by atoms with Crippen LogP contribution in [0.15, 0.2) is 72.8 Å². The first-order valence-corrected chi connectivity index (χ1v) is 14.6. The highest BCUT2D eigenvalue weighted by Gasteiger charge is 2.19. The van der Waals surface area contributed by atoms with Crippen LogP contribution in [0.2, 0.25) is 19.6 Å². The van der Waals surface area contributed by atoms with Gasteiger partial charge in [0.1, 0.15) is 0 Å². The van der Waals surface area contributed by atoms with Crippen LogP contribution in [0.3, 0.4) is 0 Å². The second-order valence-electron chi connectivity index (χ2n) is 8.79. The first kappa shape index (κ1) is 19.2. The van der Waals surface area contributed by atoms with Gasteiger partial charge in [-0.2, -0.15) is 0 Å². The van der Waals surface area contributed by atoms with Gasteiger partial charge in [0.25, 0.3) is 0 Å². The van der Waals surface area contributed by atoms with E-state index in [1.165, 1.54) is 26.4 Å². The van der Waals surface area contributed by atoms with Gasteiger partial charge in [-0.05, 0) is 36.2 Å². The summed E-state index contributed by atoms with van der Waals surface area (Å²) in [5.41, 5.74) is 6.63. The third-order valence-corrected chi connectivity index (χ3v) is 8.54. The lowest BCUT2D eigenvalue weighted by Crippen LogP contribution is -2.37. The summed E-state index contributed by atoms with van der Waals surface area (Å²) in [6.07, 6.45) is 0. The molecule has 0 aliphatic rings. The molecule has 0 bridgehead atoms. The molecule has 0 spiro atoms. The number of thiazole rings is 1. The number of aromatic nitrogens is 2. The van der Waals surface area contributed by atoms with Crippen molar-refractivity contribution in [3.8, 4) is 22.4 Å². The third-order valence-electron chi connectivity index (χ3n) is 5.56. The number of aryl methyl sites for hydroxylation is 1. The average Bonchev–Trinajstić information content (AvgIpc) is 3.12. The van der Waals surface area contributed by atoms with Gasteiger partial charge in [-0.25, -0.2) is 9.97 Å². The van der Waals surface area contributed by atoms with Crippen LogP contribution >= 0.6 is 11.3 Å². The second kappa shape index (κ2) is 7.15. The van der Waals surface area contributed by atoms with E-state index in [4.69, 9.17) is 9.97 Å². The van der Waals surface area contributed by atoms with Gasteiger partial charge in [0.05, 0.1) is 34.5 Å². The topological polar surface area (TPSA) is 25.8 Å². The molecule has 0 radical (unpaired) electrons.